The third-order valence-electron chi connectivity index (χ3n) is 3.19. The van der Waals surface area contributed by atoms with Crippen LogP contribution >= 0.6 is 11.3 Å². The first-order valence-electron chi connectivity index (χ1n) is 6.77. The van der Waals surface area contributed by atoms with Gasteiger partial charge in [-0.25, -0.2) is 13.4 Å². The molecular weight excluding hydrogens is 318 g/mol. The molecular formula is C15H15N3O2S2. The van der Waals surface area contributed by atoms with Crippen molar-refractivity contribution in [3.8, 4) is 11.1 Å². The lowest BCUT2D eigenvalue weighted by Crippen LogP contribution is -1.98. The molecule has 3 aromatic rings. The molecule has 0 spiro atoms. The van der Waals surface area contributed by atoms with E-state index in [1.165, 1.54) is 12.5 Å². The summed E-state index contributed by atoms with van der Waals surface area (Å²) >= 11 is 1.58. The number of nitrogens with zero attached hydrogens (tertiary/aromatic N) is 2. The highest BCUT2D eigenvalue weighted by Gasteiger charge is 2.10. The van der Waals surface area contributed by atoms with E-state index in [9.17, 15) is 8.42 Å². The van der Waals surface area contributed by atoms with Gasteiger partial charge in [0.1, 0.15) is 0 Å². The van der Waals surface area contributed by atoms with E-state index in [4.69, 9.17) is 0 Å². The lowest BCUT2D eigenvalue weighted by Gasteiger charge is -2.03. The van der Waals surface area contributed by atoms with E-state index in [1.54, 1.807) is 23.6 Å². The minimum atomic E-state index is -3.26. The largest absolute Gasteiger partial charge is 0.362 e. The summed E-state index contributed by atoms with van der Waals surface area (Å²) in [7, 11) is -3.26. The minimum Gasteiger partial charge on any atom is -0.362 e. The van der Waals surface area contributed by atoms with Crippen molar-refractivity contribution >= 4 is 36.5 Å². The second-order valence-corrected chi connectivity index (χ2v) is 7.96. The normalized spacial score (nSPS) is 11.7. The van der Waals surface area contributed by atoms with Gasteiger partial charge in [0.25, 0.3) is 0 Å². The summed E-state index contributed by atoms with van der Waals surface area (Å²) in [5.74, 6) is 0. The van der Waals surface area contributed by atoms with E-state index < -0.39 is 9.84 Å². The molecule has 0 saturated heterocycles. The van der Waals surface area contributed by atoms with Gasteiger partial charge in [-0.05, 0) is 30.7 Å². The van der Waals surface area contributed by atoms with Crippen LogP contribution in [0.5, 0.6) is 0 Å². The van der Waals surface area contributed by atoms with E-state index in [-0.39, 0.29) is 4.90 Å². The number of sulfone groups is 1. The molecule has 2 aromatic heterocycles. The molecule has 1 aromatic carbocycles. The monoisotopic (exact) mass is 333 g/mol. The summed E-state index contributed by atoms with van der Waals surface area (Å²) in [6.07, 6.45) is 4.22. The topological polar surface area (TPSA) is 72.0 Å². The Morgan fingerprint density at radius 3 is 2.73 bits per heavy atom. The van der Waals surface area contributed by atoms with Crippen LogP contribution in [0.15, 0.2) is 41.6 Å². The molecule has 0 bridgehead atoms. The van der Waals surface area contributed by atoms with Crippen LogP contribution in [0, 0.1) is 0 Å². The molecule has 0 unspecified atom stereocenters. The van der Waals surface area contributed by atoms with Gasteiger partial charge < -0.3 is 5.32 Å². The van der Waals surface area contributed by atoms with Crippen LogP contribution in [0.4, 0.5) is 5.13 Å². The minimum absolute atomic E-state index is 0.225. The Labute approximate surface area is 133 Å². The number of anilines is 1. The zero-order valence-electron chi connectivity index (χ0n) is 12.2. The zero-order valence-corrected chi connectivity index (χ0v) is 13.8. The van der Waals surface area contributed by atoms with Crippen molar-refractivity contribution in [2.75, 3.05) is 18.1 Å². The van der Waals surface area contributed by atoms with Gasteiger partial charge in [0.15, 0.2) is 15.0 Å². The van der Waals surface area contributed by atoms with Gasteiger partial charge in [-0.3, -0.25) is 4.98 Å². The molecule has 0 radical (unpaired) electrons. The van der Waals surface area contributed by atoms with Crippen molar-refractivity contribution in [3.63, 3.8) is 0 Å². The SMILES string of the molecule is CCNc1nc2ccc(-c3cncc(S(C)(=O)=O)c3)cc2s1. The Balaban J connectivity index is 2.06. The molecule has 7 heteroatoms. The molecule has 0 aliphatic heterocycles. The summed E-state index contributed by atoms with van der Waals surface area (Å²) in [6.45, 7) is 2.85. The smallest absolute Gasteiger partial charge is 0.183 e. The highest BCUT2D eigenvalue weighted by atomic mass is 32.2. The summed E-state index contributed by atoms with van der Waals surface area (Å²) in [6, 6.07) is 7.53. The fourth-order valence-electron chi connectivity index (χ4n) is 2.11. The number of nitrogens with one attached hydrogen (secondary N) is 1. The maximum absolute atomic E-state index is 11.6. The van der Waals surface area contributed by atoms with E-state index in [0.29, 0.717) is 0 Å². The number of fused-ring (bicyclic) bond motifs is 1. The van der Waals surface area contributed by atoms with Crippen LogP contribution in [0.3, 0.4) is 0 Å². The van der Waals surface area contributed by atoms with E-state index in [2.05, 4.69) is 15.3 Å². The van der Waals surface area contributed by atoms with Crippen LogP contribution < -0.4 is 5.32 Å². The molecule has 0 saturated carbocycles. The number of aromatic nitrogens is 2. The summed E-state index contributed by atoms with van der Waals surface area (Å²) in [5, 5.41) is 4.09. The predicted octanol–water partition coefficient (Wildman–Crippen LogP) is 3.19. The van der Waals surface area contributed by atoms with E-state index in [0.717, 1.165) is 33.0 Å². The molecule has 0 fully saturated rings. The average Bonchev–Trinajstić information content (AvgIpc) is 2.88. The molecule has 0 aliphatic rings. The highest BCUT2D eigenvalue weighted by Crippen LogP contribution is 2.30. The lowest BCUT2D eigenvalue weighted by molar-refractivity contribution is 0.601. The standard InChI is InChI=1S/C15H15N3O2S2/c1-3-17-15-18-13-5-4-10(7-14(13)21-15)11-6-12(9-16-8-11)22(2,19)20/h4-9H,3H2,1-2H3,(H,17,18). The van der Waals surface area contributed by atoms with Crippen LogP contribution in [-0.4, -0.2) is 31.2 Å². The molecule has 0 aliphatic carbocycles. The van der Waals surface area contributed by atoms with Gasteiger partial charge in [0.2, 0.25) is 0 Å². The number of benzene rings is 1. The van der Waals surface area contributed by atoms with Crippen LogP contribution in [-0.2, 0) is 9.84 Å². The summed E-state index contributed by atoms with van der Waals surface area (Å²) in [5.41, 5.74) is 2.64. The third-order valence-corrected chi connectivity index (χ3v) is 5.25. The predicted molar refractivity (Wildman–Crippen MR) is 90.1 cm³/mol. The van der Waals surface area contributed by atoms with Crippen LogP contribution in [0.1, 0.15) is 6.92 Å². The van der Waals surface area contributed by atoms with Gasteiger partial charge >= 0.3 is 0 Å². The van der Waals surface area contributed by atoms with Crippen molar-refractivity contribution in [1.82, 2.24) is 9.97 Å². The lowest BCUT2D eigenvalue weighted by atomic mass is 10.1. The third kappa shape index (κ3) is 2.95. The first kappa shape index (κ1) is 14.9. The maximum atomic E-state index is 11.6. The van der Waals surface area contributed by atoms with E-state index >= 15 is 0 Å². The Hall–Kier alpha value is -1.99. The van der Waals surface area contributed by atoms with Gasteiger partial charge in [-0.2, -0.15) is 0 Å². The second-order valence-electron chi connectivity index (χ2n) is 4.91. The van der Waals surface area contributed by atoms with Gasteiger partial charge in [0, 0.05) is 30.8 Å². The van der Waals surface area contributed by atoms with Gasteiger partial charge in [-0.1, -0.05) is 17.4 Å². The van der Waals surface area contributed by atoms with Crippen molar-refractivity contribution in [2.45, 2.75) is 11.8 Å². The quantitative estimate of drug-likeness (QED) is 0.794. The van der Waals surface area contributed by atoms with Crippen molar-refractivity contribution in [2.24, 2.45) is 0 Å². The van der Waals surface area contributed by atoms with Crippen molar-refractivity contribution in [3.05, 3.63) is 36.7 Å². The average molecular weight is 333 g/mol. The highest BCUT2D eigenvalue weighted by molar-refractivity contribution is 7.90. The first-order chi connectivity index (χ1) is 10.5. The Bertz CT molecular complexity index is 933. The zero-order chi connectivity index (χ0) is 15.7. The molecule has 114 valence electrons. The molecule has 1 N–H and O–H groups in total. The molecule has 0 atom stereocenters. The molecule has 5 nitrogen and oxygen atoms in total. The van der Waals surface area contributed by atoms with Crippen molar-refractivity contribution in [1.29, 1.82) is 0 Å². The van der Waals surface area contributed by atoms with Crippen LogP contribution in [0.2, 0.25) is 0 Å². The number of rotatable bonds is 4. The Kier molecular flexibility index (Phi) is 3.84. The Morgan fingerprint density at radius 1 is 1.18 bits per heavy atom. The Morgan fingerprint density at radius 2 is 2.00 bits per heavy atom. The first-order valence-corrected chi connectivity index (χ1v) is 9.48. The second kappa shape index (κ2) is 5.66. The molecule has 3 rings (SSSR count). The number of hydrogen-bond donors (Lipinski definition) is 1. The fraction of sp³-hybridized carbons (Fsp3) is 0.200. The maximum Gasteiger partial charge on any atom is 0.183 e. The number of thiazole rings is 1. The van der Waals surface area contributed by atoms with Crippen LogP contribution in [0.25, 0.3) is 21.3 Å². The molecule has 22 heavy (non-hydrogen) atoms. The molecule has 2 heterocycles. The van der Waals surface area contributed by atoms with Crippen molar-refractivity contribution < 1.29 is 8.42 Å². The van der Waals surface area contributed by atoms with E-state index in [1.807, 2.05) is 25.1 Å². The summed E-state index contributed by atoms with van der Waals surface area (Å²) < 4.78 is 24.3. The summed E-state index contributed by atoms with van der Waals surface area (Å²) in [4.78, 5) is 8.75. The fourth-order valence-corrected chi connectivity index (χ4v) is 3.68. The number of pyridine rings is 1. The van der Waals surface area contributed by atoms with Gasteiger partial charge in [0.05, 0.1) is 15.1 Å². The number of hydrogen-bond acceptors (Lipinski definition) is 6. The van der Waals surface area contributed by atoms with Gasteiger partial charge in [-0.15, -0.1) is 0 Å². The molecule has 0 amide bonds.